The molecule has 0 bridgehead atoms. The van der Waals surface area contributed by atoms with Crippen LogP contribution in [0.25, 0.3) is 0 Å². The monoisotopic (exact) mass is 225 g/mol. The summed E-state index contributed by atoms with van der Waals surface area (Å²) in [5.74, 6) is 2.30. The Morgan fingerprint density at radius 2 is 2.27 bits per heavy atom. The number of nitrogens with one attached hydrogen (secondary N) is 1. The van der Waals surface area contributed by atoms with Crippen LogP contribution < -0.4 is 5.32 Å². The molecule has 0 aliphatic carbocycles. The maximum absolute atomic E-state index is 9.58. The van der Waals surface area contributed by atoms with Crippen molar-refractivity contribution < 1.29 is 10.2 Å². The molecule has 0 aromatic heterocycles. The van der Waals surface area contributed by atoms with Gasteiger partial charge in [0.15, 0.2) is 11.5 Å². The van der Waals surface area contributed by atoms with Gasteiger partial charge >= 0.3 is 0 Å². The van der Waals surface area contributed by atoms with Crippen molar-refractivity contribution in [2.45, 2.75) is 19.0 Å². The van der Waals surface area contributed by atoms with Crippen molar-refractivity contribution in [2.75, 3.05) is 11.5 Å². The molecular weight excluding hydrogens is 210 g/mol. The van der Waals surface area contributed by atoms with Gasteiger partial charge in [0.1, 0.15) is 0 Å². The lowest BCUT2D eigenvalue weighted by Gasteiger charge is -2.12. The third-order valence-electron chi connectivity index (χ3n) is 2.61. The third kappa shape index (κ3) is 2.58. The number of aromatic hydroxyl groups is 2. The second kappa shape index (κ2) is 4.77. The van der Waals surface area contributed by atoms with Crippen LogP contribution in [-0.2, 0) is 6.54 Å². The molecule has 3 nitrogen and oxygen atoms in total. The number of para-hydroxylation sites is 1. The molecule has 15 heavy (non-hydrogen) atoms. The van der Waals surface area contributed by atoms with E-state index in [0.717, 1.165) is 11.3 Å². The van der Waals surface area contributed by atoms with Gasteiger partial charge < -0.3 is 15.5 Å². The molecule has 0 radical (unpaired) electrons. The van der Waals surface area contributed by atoms with Crippen LogP contribution >= 0.6 is 11.8 Å². The minimum Gasteiger partial charge on any atom is -0.504 e. The van der Waals surface area contributed by atoms with Crippen LogP contribution in [-0.4, -0.2) is 27.8 Å². The Bertz CT molecular complexity index is 337. The lowest BCUT2D eigenvalue weighted by atomic mass is 10.1. The first kappa shape index (κ1) is 10.6. The summed E-state index contributed by atoms with van der Waals surface area (Å²) >= 11 is 1.95. The second-order valence-electron chi connectivity index (χ2n) is 3.73. The maximum Gasteiger partial charge on any atom is 0.161 e. The molecule has 1 aliphatic rings. The van der Waals surface area contributed by atoms with Gasteiger partial charge in [0.25, 0.3) is 0 Å². The molecule has 1 heterocycles. The van der Waals surface area contributed by atoms with E-state index in [0.29, 0.717) is 12.6 Å². The van der Waals surface area contributed by atoms with E-state index in [2.05, 4.69) is 5.32 Å². The summed E-state index contributed by atoms with van der Waals surface area (Å²) in [5, 5.41) is 22.3. The Hall–Kier alpha value is -0.870. The fraction of sp³-hybridized carbons (Fsp3) is 0.455. The Balaban J connectivity index is 1.95. The topological polar surface area (TPSA) is 52.5 Å². The van der Waals surface area contributed by atoms with Crippen LogP contribution in [0, 0.1) is 0 Å². The number of phenolic OH excluding ortho intramolecular Hbond substituents is 2. The van der Waals surface area contributed by atoms with Crippen molar-refractivity contribution in [2.24, 2.45) is 0 Å². The fourth-order valence-electron chi connectivity index (χ4n) is 1.67. The molecule has 1 saturated heterocycles. The maximum atomic E-state index is 9.58. The first-order chi connectivity index (χ1) is 7.27. The number of hydrogen-bond donors (Lipinski definition) is 3. The van der Waals surface area contributed by atoms with E-state index >= 15 is 0 Å². The number of hydrogen-bond acceptors (Lipinski definition) is 4. The molecule has 0 saturated carbocycles. The summed E-state index contributed by atoms with van der Waals surface area (Å²) in [5.41, 5.74) is 0.756. The Morgan fingerprint density at radius 1 is 1.40 bits per heavy atom. The molecule has 1 aromatic carbocycles. The van der Waals surface area contributed by atoms with Crippen LogP contribution in [0.3, 0.4) is 0 Å². The quantitative estimate of drug-likeness (QED) is 0.685. The Morgan fingerprint density at radius 3 is 3.00 bits per heavy atom. The van der Waals surface area contributed by atoms with E-state index in [1.807, 2.05) is 17.8 Å². The SMILES string of the molecule is Oc1cccc(CNC2CCSC2)c1O. The van der Waals surface area contributed by atoms with E-state index < -0.39 is 0 Å². The van der Waals surface area contributed by atoms with Crippen molar-refractivity contribution in [3.8, 4) is 11.5 Å². The minimum atomic E-state index is -0.0462. The third-order valence-corrected chi connectivity index (χ3v) is 3.77. The summed E-state index contributed by atoms with van der Waals surface area (Å²) < 4.78 is 0. The lowest BCUT2D eigenvalue weighted by molar-refractivity contribution is 0.396. The van der Waals surface area contributed by atoms with E-state index in [-0.39, 0.29) is 11.5 Å². The molecule has 3 N–H and O–H groups in total. The summed E-state index contributed by atoms with van der Waals surface area (Å²) in [6, 6.07) is 5.60. The van der Waals surface area contributed by atoms with Crippen molar-refractivity contribution in [3.63, 3.8) is 0 Å². The molecule has 0 spiro atoms. The van der Waals surface area contributed by atoms with Gasteiger partial charge in [0.05, 0.1) is 0 Å². The molecule has 1 unspecified atom stereocenters. The van der Waals surface area contributed by atoms with Gasteiger partial charge in [-0.25, -0.2) is 0 Å². The highest BCUT2D eigenvalue weighted by atomic mass is 32.2. The normalized spacial score (nSPS) is 20.7. The average molecular weight is 225 g/mol. The molecule has 1 atom stereocenters. The highest BCUT2D eigenvalue weighted by molar-refractivity contribution is 7.99. The van der Waals surface area contributed by atoms with Gasteiger partial charge in [0, 0.05) is 23.9 Å². The molecule has 1 aliphatic heterocycles. The standard InChI is InChI=1S/C11H15NO2S/c13-10-3-1-2-8(11(10)14)6-12-9-4-5-15-7-9/h1-3,9,12-14H,4-7H2. The van der Waals surface area contributed by atoms with Crippen LogP contribution in [0.4, 0.5) is 0 Å². The van der Waals surface area contributed by atoms with Gasteiger partial charge in [-0.15, -0.1) is 0 Å². The molecule has 4 heteroatoms. The molecular formula is C11H15NO2S. The lowest BCUT2D eigenvalue weighted by Crippen LogP contribution is -2.27. The van der Waals surface area contributed by atoms with Gasteiger partial charge in [-0.1, -0.05) is 12.1 Å². The zero-order valence-corrected chi connectivity index (χ0v) is 9.26. The Kier molecular flexibility index (Phi) is 3.38. The fourth-order valence-corrected chi connectivity index (χ4v) is 2.86. The summed E-state index contributed by atoms with van der Waals surface area (Å²) in [7, 11) is 0. The van der Waals surface area contributed by atoms with Gasteiger partial charge in [-0.2, -0.15) is 11.8 Å². The van der Waals surface area contributed by atoms with Crippen LogP contribution in [0.5, 0.6) is 11.5 Å². The van der Waals surface area contributed by atoms with Gasteiger partial charge in [0.2, 0.25) is 0 Å². The van der Waals surface area contributed by atoms with Crippen LogP contribution in [0.1, 0.15) is 12.0 Å². The summed E-state index contributed by atoms with van der Waals surface area (Å²) in [4.78, 5) is 0. The first-order valence-electron chi connectivity index (χ1n) is 5.08. The predicted octanol–water partition coefficient (Wildman–Crippen LogP) is 1.69. The summed E-state index contributed by atoms with van der Waals surface area (Å²) in [6.45, 7) is 0.617. The first-order valence-corrected chi connectivity index (χ1v) is 6.24. The predicted molar refractivity (Wildman–Crippen MR) is 62.3 cm³/mol. The van der Waals surface area contributed by atoms with E-state index in [4.69, 9.17) is 0 Å². The van der Waals surface area contributed by atoms with Crippen LogP contribution in [0.15, 0.2) is 18.2 Å². The van der Waals surface area contributed by atoms with Crippen molar-refractivity contribution in [3.05, 3.63) is 23.8 Å². The number of thioether (sulfide) groups is 1. The number of phenols is 2. The molecule has 1 aromatic rings. The molecule has 2 rings (SSSR count). The van der Waals surface area contributed by atoms with E-state index in [9.17, 15) is 10.2 Å². The largest absolute Gasteiger partial charge is 0.504 e. The number of benzene rings is 1. The second-order valence-corrected chi connectivity index (χ2v) is 4.88. The smallest absolute Gasteiger partial charge is 0.161 e. The molecule has 82 valence electrons. The highest BCUT2D eigenvalue weighted by Crippen LogP contribution is 2.28. The molecule has 1 fully saturated rings. The summed E-state index contributed by atoms with van der Waals surface area (Å²) in [6.07, 6.45) is 1.18. The van der Waals surface area contributed by atoms with Crippen molar-refractivity contribution in [1.82, 2.24) is 5.32 Å². The zero-order chi connectivity index (χ0) is 10.7. The van der Waals surface area contributed by atoms with Crippen LogP contribution in [0.2, 0.25) is 0 Å². The number of rotatable bonds is 3. The van der Waals surface area contributed by atoms with E-state index in [1.165, 1.54) is 18.2 Å². The van der Waals surface area contributed by atoms with Crippen molar-refractivity contribution >= 4 is 11.8 Å². The minimum absolute atomic E-state index is 0.00403. The average Bonchev–Trinajstić information content (AvgIpc) is 2.73. The highest BCUT2D eigenvalue weighted by Gasteiger charge is 2.15. The Labute approximate surface area is 93.5 Å². The van der Waals surface area contributed by atoms with Crippen molar-refractivity contribution in [1.29, 1.82) is 0 Å². The molecule has 0 amide bonds. The van der Waals surface area contributed by atoms with Gasteiger partial charge in [-0.3, -0.25) is 0 Å². The zero-order valence-electron chi connectivity index (χ0n) is 8.44. The van der Waals surface area contributed by atoms with Gasteiger partial charge in [-0.05, 0) is 18.2 Å². The van der Waals surface area contributed by atoms with E-state index in [1.54, 1.807) is 6.07 Å².